The van der Waals surface area contributed by atoms with Gasteiger partial charge in [-0.2, -0.15) is 13.2 Å². The Kier molecular flexibility index (Phi) is 4.19. The van der Waals surface area contributed by atoms with Gasteiger partial charge in [-0.1, -0.05) is 25.1 Å². The van der Waals surface area contributed by atoms with E-state index in [4.69, 9.17) is 5.73 Å². The third-order valence-electron chi connectivity index (χ3n) is 4.06. The average molecular weight is 271 g/mol. The zero-order valence-corrected chi connectivity index (χ0v) is 11.1. The molecule has 0 radical (unpaired) electrons. The van der Waals surface area contributed by atoms with Crippen LogP contribution in [-0.4, -0.2) is 6.04 Å². The van der Waals surface area contributed by atoms with Gasteiger partial charge in [0, 0.05) is 6.04 Å². The third-order valence-corrected chi connectivity index (χ3v) is 4.06. The number of benzene rings is 1. The second-order valence-corrected chi connectivity index (χ2v) is 5.74. The number of rotatable bonds is 2. The van der Waals surface area contributed by atoms with Crippen molar-refractivity contribution in [1.82, 2.24) is 0 Å². The minimum absolute atomic E-state index is 0.116. The Hall–Kier alpha value is -1.03. The molecule has 1 aromatic carbocycles. The normalized spacial score (nSPS) is 28.4. The minimum atomic E-state index is -4.27. The summed E-state index contributed by atoms with van der Waals surface area (Å²) in [6.45, 7) is 2.19. The van der Waals surface area contributed by atoms with E-state index in [0.29, 0.717) is 18.3 Å². The first-order chi connectivity index (χ1) is 8.86. The van der Waals surface area contributed by atoms with Gasteiger partial charge in [-0.15, -0.1) is 0 Å². The molecule has 0 amide bonds. The standard InChI is InChI=1S/C15H20F3N/c1-10-5-6-14(19)12(7-10)8-11-3-2-4-13(9-11)15(16,17)18/h2-4,9-10,12,14H,5-8,19H2,1H3. The number of halogens is 3. The summed E-state index contributed by atoms with van der Waals surface area (Å²) in [7, 11) is 0. The molecule has 0 saturated heterocycles. The van der Waals surface area contributed by atoms with Crippen LogP contribution in [-0.2, 0) is 12.6 Å². The number of hydrogen-bond acceptors (Lipinski definition) is 1. The van der Waals surface area contributed by atoms with Crippen LogP contribution < -0.4 is 5.73 Å². The highest BCUT2D eigenvalue weighted by atomic mass is 19.4. The third kappa shape index (κ3) is 3.72. The molecule has 0 bridgehead atoms. The van der Waals surface area contributed by atoms with Crippen LogP contribution in [0, 0.1) is 11.8 Å². The monoisotopic (exact) mass is 271 g/mol. The molecule has 3 atom stereocenters. The molecule has 19 heavy (non-hydrogen) atoms. The van der Waals surface area contributed by atoms with E-state index in [2.05, 4.69) is 6.92 Å². The summed E-state index contributed by atoms with van der Waals surface area (Å²) in [6, 6.07) is 5.74. The van der Waals surface area contributed by atoms with Crippen molar-refractivity contribution < 1.29 is 13.2 Å². The Labute approximate surface area is 112 Å². The fraction of sp³-hybridized carbons (Fsp3) is 0.600. The SMILES string of the molecule is CC1CCC(N)C(Cc2cccc(C(F)(F)F)c2)C1. The van der Waals surface area contributed by atoms with Gasteiger partial charge in [-0.3, -0.25) is 0 Å². The second-order valence-electron chi connectivity index (χ2n) is 5.74. The van der Waals surface area contributed by atoms with Crippen LogP contribution in [0.4, 0.5) is 13.2 Å². The lowest BCUT2D eigenvalue weighted by atomic mass is 9.76. The molecule has 0 spiro atoms. The van der Waals surface area contributed by atoms with Crippen LogP contribution in [0.5, 0.6) is 0 Å². The Morgan fingerprint density at radius 1 is 1.26 bits per heavy atom. The molecule has 0 aromatic heterocycles. The van der Waals surface area contributed by atoms with Gasteiger partial charge in [0.05, 0.1) is 5.56 Å². The van der Waals surface area contributed by atoms with Gasteiger partial charge in [0.1, 0.15) is 0 Å². The van der Waals surface area contributed by atoms with Gasteiger partial charge < -0.3 is 5.73 Å². The van der Waals surface area contributed by atoms with Gasteiger partial charge in [0.2, 0.25) is 0 Å². The maximum atomic E-state index is 12.7. The zero-order valence-electron chi connectivity index (χ0n) is 11.1. The van der Waals surface area contributed by atoms with Gasteiger partial charge in [0.15, 0.2) is 0 Å². The van der Waals surface area contributed by atoms with Crippen LogP contribution in [0.1, 0.15) is 37.3 Å². The fourth-order valence-corrected chi connectivity index (χ4v) is 2.93. The summed E-state index contributed by atoms with van der Waals surface area (Å²) < 4.78 is 38.0. The molecular weight excluding hydrogens is 251 g/mol. The van der Waals surface area contributed by atoms with Crippen LogP contribution >= 0.6 is 0 Å². The van der Waals surface area contributed by atoms with E-state index in [1.165, 1.54) is 12.1 Å². The molecule has 2 N–H and O–H groups in total. The van der Waals surface area contributed by atoms with Gasteiger partial charge in [-0.25, -0.2) is 0 Å². The number of alkyl halides is 3. The first kappa shape index (κ1) is 14.4. The van der Waals surface area contributed by atoms with Gasteiger partial charge >= 0.3 is 6.18 Å². The average Bonchev–Trinajstić information content (AvgIpc) is 2.33. The summed E-state index contributed by atoms with van der Waals surface area (Å²) >= 11 is 0. The largest absolute Gasteiger partial charge is 0.416 e. The minimum Gasteiger partial charge on any atom is -0.327 e. The molecule has 0 aliphatic heterocycles. The highest BCUT2D eigenvalue weighted by molar-refractivity contribution is 5.26. The van der Waals surface area contributed by atoms with E-state index in [0.717, 1.165) is 30.9 Å². The number of nitrogens with two attached hydrogens (primary N) is 1. The van der Waals surface area contributed by atoms with E-state index in [1.54, 1.807) is 6.07 Å². The van der Waals surface area contributed by atoms with Crippen molar-refractivity contribution in [3.8, 4) is 0 Å². The predicted octanol–water partition coefficient (Wildman–Crippen LogP) is 4.01. The maximum absolute atomic E-state index is 12.7. The summed E-state index contributed by atoms with van der Waals surface area (Å²) in [4.78, 5) is 0. The van der Waals surface area contributed by atoms with E-state index in [1.807, 2.05) is 0 Å². The molecule has 1 saturated carbocycles. The van der Waals surface area contributed by atoms with Gasteiger partial charge in [0.25, 0.3) is 0 Å². The molecule has 4 heteroatoms. The fourth-order valence-electron chi connectivity index (χ4n) is 2.93. The van der Waals surface area contributed by atoms with E-state index < -0.39 is 11.7 Å². The lowest BCUT2D eigenvalue weighted by molar-refractivity contribution is -0.137. The molecule has 1 nitrogen and oxygen atoms in total. The van der Waals surface area contributed by atoms with Crippen molar-refractivity contribution in [2.24, 2.45) is 17.6 Å². The summed E-state index contributed by atoms with van der Waals surface area (Å²) in [6.07, 6.45) is -0.504. The molecule has 2 rings (SSSR count). The predicted molar refractivity (Wildman–Crippen MR) is 69.6 cm³/mol. The zero-order chi connectivity index (χ0) is 14.0. The Bertz CT molecular complexity index is 428. The van der Waals surface area contributed by atoms with Crippen molar-refractivity contribution in [2.75, 3.05) is 0 Å². The lowest BCUT2D eigenvalue weighted by Gasteiger charge is -2.32. The Morgan fingerprint density at radius 2 is 2.00 bits per heavy atom. The van der Waals surface area contributed by atoms with E-state index in [9.17, 15) is 13.2 Å². The highest BCUT2D eigenvalue weighted by Gasteiger charge is 2.31. The van der Waals surface area contributed by atoms with Crippen LogP contribution in [0.2, 0.25) is 0 Å². The van der Waals surface area contributed by atoms with Gasteiger partial charge in [-0.05, 0) is 49.1 Å². The summed E-state index contributed by atoms with van der Waals surface area (Å²) in [5.41, 5.74) is 6.26. The topological polar surface area (TPSA) is 26.0 Å². The van der Waals surface area contributed by atoms with Crippen molar-refractivity contribution in [3.05, 3.63) is 35.4 Å². The quantitative estimate of drug-likeness (QED) is 0.864. The smallest absolute Gasteiger partial charge is 0.327 e. The lowest BCUT2D eigenvalue weighted by Crippen LogP contribution is -2.36. The van der Waals surface area contributed by atoms with E-state index in [-0.39, 0.29) is 6.04 Å². The number of hydrogen-bond donors (Lipinski definition) is 1. The van der Waals surface area contributed by atoms with Crippen LogP contribution in [0.3, 0.4) is 0 Å². The van der Waals surface area contributed by atoms with Crippen molar-refractivity contribution in [2.45, 2.75) is 44.8 Å². The van der Waals surface area contributed by atoms with Crippen molar-refractivity contribution >= 4 is 0 Å². The molecule has 106 valence electrons. The van der Waals surface area contributed by atoms with E-state index >= 15 is 0 Å². The molecule has 1 aliphatic rings. The molecule has 1 fully saturated rings. The molecule has 0 heterocycles. The molecular formula is C15H20F3N. The Balaban J connectivity index is 2.10. The van der Waals surface area contributed by atoms with Crippen LogP contribution in [0.15, 0.2) is 24.3 Å². The second kappa shape index (κ2) is 5.53. The molecule has 1 aliphatic carbocycles. The molecule has 3 unspecified atom stereocenters. The summed E-state index contributed by atoms with van der Waals surface area (Å²) in [5.74, 6) is 0.919. The first-order valence-electron chi connectivity index (χ1n) is 6.78. The maximum Gasteiger partial charge on any atom is 0.416 e. The Morgan fingerprint density at radius 3 is 2.68 bits per heavy atom. The molecule has 1 aromatic rings. The van der Waals surface area contributed by atoms with Crippen molar-refractivity contribution in [1.29, 1.82) is 0 Å². The van der Waals surface area contributed by atoms with Crippen LogP contribution in [0.25, 0.3) is 0 Å². The summed E-state index contributed by atoms with van der Waals surface area (Å²) in [5, 5.41) is 0. The highest BCUT2D eigenvalue weighted by Crippen LogP contribution is 2.33. The first-order valence-corrected chi connectivity index (χ1v) is 6.78. The van der Waals surface area contributed by atoms with Crippen molar-refractivity contribution in [3.63, 3.8) is 0 Å².